The molecular formula is C12H17BrN4O. The zero-order valence-corrected chi connectivity index (χ0v) is 12.1. The summed E-state index contributed by atoms with van der Waals surface area (Å²) in [5, 5.41) is 4.35. The highest BCUT2D eigenvalue weighted by molar-refractivity contribution is 9.10. The minimum absolute atomic E-state index is 0.133. The molecule has 0 saturated heterocycles. The van der Waals surface area contributed by atoms with Crippen molar-refractivity contribution in [3.63, 3.8) is 0 Å². The molecule has 0 aliphatic carbocycles. The zero-order chi connectivity index (χ0) is 13.1. The summed E-state index contributed by atoms with van der Waals surface area (Å²) < 4.78 is 8.24. The molecule has 0 saturated carbocycles. The standard InChI is InChI=1S/C12H17BrN4O/c1-3-4-17-12(10(13)6-15-17)11(16-14)9-5-8(2)18-7-9/h5-7,11,16H,3-4,14H2,1-2H3. The highest BCUT2D eigenvalue weighted by Gasteiger charge is 2.22. The number of aryl methyl sites for hydroxylation is 2. The van der Waals surface area contributed by atoms with Crippen LogP contribution in [0.1, 0.15) is 36.4 Å². The summed E-state index contributed by atoms with van der Waals surface area (Å²) in [6.45, 7) is 4.89. The van der Waals surface area contributed by atoms with Gasteiger partial charge in [0.15, 0.2) is 0 Å². The maximum Gasteiger partial charge on any atom is 0.101 e. The highest BCUT2D eigenvalue weighted by Crippen LogP contribution is 2.29. The molecule has 5 nitrogen and oxygen atoms in total. The average molecular weight is 313 g/mol. The number of rotatable bonds is 5. The van der Waals surface area contributed by atoms with Gasteiger partial charge in [-0.2, -0.15) is 5.10 Å². The SMILES string of the molecule is CCCn1ncc(Br)c1C(NN)c1coc(C)c1. The lowest BCUT2D eigenvalue weighted by atomic mass is 10.1. The van der Waals surface area contributed by atoms with Crippen LogP contribution in [0.2, 0.25) is 0 Å². The number of hydrazine groups is 1. The van der Waals surface area contributed by atoms with Crippen molar-refractivity contribution in [2.45, 2.75) is 32.9 Å². The smallest absolute Gasteiger partial charge is 0.101 e. The first-order chi connectivity index (χ1) is 8.67. The van der Waals surface area contributed by atoms with Crippen LogP contribution in [0.4, 0.5) is 0 Å². The fourth-order valence-corrected chi connectivity index (χ4v) is 2.52. The third-order valence-corrected chi connectivity index (χ3v) is 3.40. The largest absolute Gasteiger partial charge is 0.469 e. The molecule has 0 amide bonds. The maximum absolute atomic E-state index is 5.69. The lowest BCUT2D eigenvalue weighted by Gasteiger charge is -2.17. The van der Waals surface area contributed by atoms with Gasteiger partial charge in [-0.05, 0) is 35.3 Å². The van der Waals surface area contributed by atoms with Crippen LogP contribution >= 0.6 is 15.9 Å². The molecule has 0 aliphatic heterocycles. The number of hydrogen-bond acceptors (Lipinski definition) is 4. The zero-order valence-electron chi connectivity index (χ0n) is 10.5. The second-order valence-corrected chi connectivity index (χ2v) is 5.05. The van der Waals surface area contributed by atoms with E-state index in [1.54, 1.807) is 12.5 Å². The topological polar surface area (TPSA) is 69.0 Å². The Balaban J connectivity index is 2.41. The quantitative estimate of drug-likeness (QED) is 0.657. The lowest BCUT2D eigenvalue weighted by molar-refractivity contribution is 0.504. The number of furan rings is 1. The van der Waals surface area contributed by atoms with Gasteiger partial charge in [-0.15, -0.1) is 0 Å². The van der Waals surface area contributed by atoms with Crippen LogP contribution in [0, 0.1) is 6.92 Å². The van der Waals surface area contributed by atoms with Gasteiger partial charge in [-0.25, -0.2) is 5.43 Å². The van der Waals surface area contributed by atoms with Crippen molar-refractivity contribution in [3.8, 4) is 0 Å². The molecule has 3 N–H and O–H groups in total. The number of nitrogens with one attached hydrogen (secondary N) is 1. The maximum atomic E-state index is 5.69. The van der Waals surface area contributed by atoms with E-state index in [1.165, 1.54) is 0 Å². The summed E-state index contributed by atoms with van der Waals surface area (Å²) in [6.07, 6.45) is 4.53. The van der Waals surface area contributed by atoms with E-state index < -0.39 is 0 Å². The first-order valence-electron chi connectivity index (χ1n) is 5.89. The van der Waals surface area contributed by atoms with E-state index >= 15 is 0 Å². The Morgan fingerprint density at radius 1 is 1.61 bits per heavy atom. The van der Waals surface area contributed by atoms with Crippen molar-refractivity contribution in [1.29, 1.82) is 0 Å². The summed E-state index contributed by atoms with van der Waals surface area (Å²) >= 11 is 3.52. The van der Waals surface area contributed by atoms with Gasteiger partial charge < -0.3 is 4.42 Å². The normalized spacial score (nSPS) is 12.9. The molecule has 0 aliphatic rings. The molecule has 1 atom stereocenters. The van der Waals surface area contributed by atoms with E-state index in [9.17, 15) is 0 Å². The van der Waals surface area contributed by atoms with Crippen LogP contribution in [-0.2, 0) is 6.54 Å². The van der Waals surface area contributed by atoms with Crippen LogP contribution in [0.25, 0.3) is 0 Å². The summed E-state index contributed by atoms with van der Waals surface area (Å²) in [5.74, 6) is 6.55. The van der Waals surface area contributed by atoms with Gasteiger partial charge in [0.25, 0.3) is 0 Å². The molecule has 2 aromatic rings. The highest BCUT2D eigenvalue weighted by atomic mass is 79.9. The third kappa shape index (κ3) is 2.50. The van der Waals surface area contributed by atoms with E-state index in [0.29, 0.717) is 0 Å². The van der Waals surface area contributed by atoms with E-state index in [2.05, 4.69) is 33.4 Å². The van der Waals surface area contributed by atoms with Crippen LogP contribution in [0.3, 0.4) is 0 Å². The first kappa shape index (κ1) is 13.3. The lowest BCUT2D eigenvalue weighted by Crippen LogP contribution is -2.30. The Bertz CT molecular complexity index is 520. The predicted molar refractivity (Wildman–Crippen MR) is 72.8 cm³/mol. The molecule has 2 aromatic heterocycles. The molecule has 1 unspecified atom stereocenters. The fourth-order valence-electron chi connectivity index (χ4n) is 2.00. The molecule has 2 rings (SSSR count). The number of nitrogens with two attached hydrogens (primary N) is 1. The minimum Gasteiger partial charge on any atom is -0.469 e. The van der Waals surface area contributed by atoms with Crippen molar-refractivity contribution in [2.75, 3.05) is 0 Å². The molecule has 0 radical (unpaired) electrons. The van der Waals surface area contributed by atoms with Gasteiger partial charge in [-0.1, -0.05) is 6.92 Å². The Morgan fingerprint density at radius 2 is 2.39 bits per heavy atom. The van der Waals surface area contributed by atoms with E-state index in [-0.39, 0.29) is 6.04 Å². The van der Waals surface area contributed by atoms with Crippen molar-refractivity contribution in [3.05, 3.63) is 40.0 Å². The molecule has 2 heterocycles. The molecule has 18 heavy (non-hydrogen) atoms. The second kappa shape index (κ2) is 5.69. The van der Waals surface area contributed by atoms with Gasteiger partial charge in [0.05, 0.1) is 28.7 Å². The van der Waals surface area contributed by atoms with Crippen molar-refractivity contribution in [2.24, 2.45) is 5.84 Å². The van der Waals surface area contributed by atoms with Gasteiger partial charge in [-0.3, -0.25) is 10.5 Å². The predicted octanol–water partition coefficient (Wildman–Crippen LogP) is 2.51. The summed E-state index contributed by atoms with van der Waals surface area (Å²) in [5.41, 5.74) is 4.83. The van der Waals surface area contributed by atoms with E-state index in [0.717, 1.165) is 34.5 Å². The Kier molecular flexibility index (Phi) is 4.21. The van der Waals surface area contributed by atoms with E-state index in [1.807, 2.05) is 17.7 Å². The number of nitrogens with zero attached hydrogens (tertiary/aromatic N) is 2. The third-order valence-electron chi connectivity index (χ3n) is 2.79. The van der Waals surface area contributed by atoms with Crippen LogP contribution in [0.15, 0.2) is 27.4 Å². The summed E-state index contributed by atoms with van der Waals surface area (Å²) in [4.78, 5) is 0. The monoisotopic (exact) mass is 312 g/mol. The minimum atomic E-state index is -0.133. The molecule has 6 heteroatoms. The van der Waals surface area contributed by atoms with E-state index in [4.69, 9.17) is 10.3 Å². The van der Waals surface area contributed by atoms with Crippen LogP contribution in [0.5, 0.6) is 0 Å². The first-order valence-corrected chi connectivity index (χ1v) is 6.69. The molecule has 98 valence electrons. The van der Waals surface area contributed by atoms with Crippen LogP contribution in [-0.4, -0.2) is 9.78 Å². The van der Waals surface area contributed by atoms with Crippen molar-refractivity contribution < 1.29 is 4.42 Å². The van der Waals surface area contributed by atoms with Gasteiger partial charge >= 0.3 is 0 Å². The second-order valence-electron chi connectivity index (χ2n) is 4.19. The van der Waals surface area contributed by atoms with Crippen LogP contribution < -0.4 is 11.3 Å². The number of halogens is 1. The Hall–Kier alpha value is -1.11. The number of aromatic nitrogens is 2. The van der Waals surface area contributed by atoms with Gasteiger partial charge in [0.2, 0.25) is 0 Å². The Labute approximate surface area is 114 Å². The molecule has 0 aromatic carbocycles. The summed E-state index contributed by atoms with van der Waals surface area (Å²) in [7, 11) is 0. The van der Waals surface area contributed by atoms with Gasteiger partial charge in [0, 0.05) is 12.1 Å². The Morgan fingerprint density at radius 3 is 2.94 bits per heavy atom. The number of hydrogen-bond donors (Lipinski definition) is 2. The van der Waals surface area contributed by atoms with Gasteiger partial charge in [0.1, 0.15) is 5.76 Å². The fraction of sp³-hybridized carbons (Fsp3) is 0.417. The average Bonchev–Trinajstić information content (AvgIpc) is 2.91. The van der Waals surface area contributed by atoms with Crippen molar-refractivity contribution in [1.82, 2.24) is 15.2 Å². The molecule has 0 fully saturated rings. The summed E-state index contributed by atoms with van der Waals surface area (Å²) in [6, 6.07) is 1.84. The molecular weight excluding hydrogens is 296 g/mol. The van der Waals surface area contributed by atoms with Crippen molar-refractivity contribution >= 4 is 15.9 Å². The molecule has 0 bridgehead atoms. The molecule has 0 spiro atoms.